The standard InChI is InChI=1S/C16H25N3O/c1-3-12(2)19-9-4-13(18-19)10-15(20)14-11-16(14)5-7-17-8-6-16/h4,9,12,14,17H,3,5-8,10-11H2,1-2H3. The molecular formula is C16H25N3O. The molecule has 1 aliphatic heterocycles. The van der Waals surface area contributed by atoms with E-state index in [1.54, 1.807) is 0 Å². The summed E-state index contributed by atoms with van der Waals surface area (Å²) >= 11 is 0. The summed E-state index contributed by atoms with van der Waals surface area (Å²) in [6.45, 7) is 6.46. The van der Waals surface area contributed by atoms with Crippen LogP contribution in [0.15, 0.2) is 12.3 Å². The molecule has 2 atom stereocenters. The van der Waals surface area contributed by atoms with Gasteiger partial charge in [-0.15, -0.1) is 0 Å². The number of rotatable bonds is 5. The molecule has 0 amide bonds. The highest BCUT2D eigenvalue weighted by atomic mass is 16.1. The average molecular weight is 275 g/mol. The van der Waals surface area contributed by atoms with Crippen LogP contribution >= 0.6 is 0 Å². The number of carbonyl (C=O) groups is 1. The predicted molar refractivity (Wildman–Crippen MR) is 78.6 cm³/mol. The largest absolute Gasteiger partial charge is 0.317 e. The van der Waals surface area contributed by atoms with Crippen LogP contribution in [0.25, 0.3) is 0 Å². The zero-order chi connectivity index (χ0) is 14.2. The second-order valence-corrected chi connectivity index (χ2v) is 6.56. The van der Waals surface area contributed by atoms with Crippen LogP contribution in [-0.2, 0) is 11.2 Å². The van der Waals surface area contributed by atoms with Gasteiger partial charge in [-0.25, -0.2) is 0 Å². The summed E-state index contributed by atoms with van der Waals surface area (Å²) in [6.07, 6.45) is 7.04. The lowest BCUT2D eigenvalue weighted by Gasteiger charge is -2.23. The zero-order valence-electron chi connectivity index (χ0n) is 12.6. The third kappa shape index (κ3) is 2.53. The van der Waals surface area contributed by atoms with Gasteiger partial charge >= 0.3 is 0 Å². The first-order valence-electron chi connectivity index (χ1n) is 7.92. The van der Waals surface area contributed by atoms with Crippen LogP contribution in [0.2, 0.25) is 0 Å². The van der Waals surface area contributed by atoms with Crippen molar-refractivity contribution >= 4 is 5.78 Å². The highest BCUT2D eigenvalue weighted by Gasteiger charge is 2.56. The second-order valence-electron chi connectivity index (χ2n) is 6.56. The van der Waals surface area contributed by atoms with E-state index in [1.165, 1.54) is 12.8 Å². The van der Waals surface area contributed by atoms with Crippen molar-refractivity contribution in [2.75, 3.05) is 13.1 Å². The van der Waals surface area contributed by atoms with E-state index in [1.807, 2.05) is 16.9 Å². The van der Waals surface area contributed by atoms with E-state index in [2.05, 4.69) is 24.3 Å². The fraction of sp³-hybridized carbons (Fsp3) is 0.750. The Balaban J connectivity index is 1.58. The molecule has 4 nitrogen and oxygen atoms in total. The van der Waals surface area contributed by atoms with Crippen molar-refractivity contribution in [3.63, 3.8) is 0 Å². The van der Waals surface area contributed by atoms with E-state index in [-0.39, 0.29) is 0 Å². The van der Waals surface area contributed by atoms with Crippen LogP contribution in [0.5, 0.6) is 0 Å². The van der Waals surface area contributed by atoms with Crippen LogP contribution in [0.3, 0.4) is 0 Å². The molecule has 3 rings (SSSR count). The van der Waals surface area contributed by atoms with E-state index >= 15 is 0 Å². The monoisotopic (exact) mass is 275 g/mol. The third-order valence-electron chi connectivity index (χ3n) is 5.24. The summed E-state index contributed by atoms with van der Waals surface area (Å²) in [7, 11) is 0. The van der Waals surface area contributed by atoms with Gasteiger partial charge in [-0.1, -0.05) is 6.92 Å². The highest BCUT2D eigenvalue weighted by Crippen LogP contribution is 2.59. The minimum absolute atomic E-state index is 0.304. The van der Waals surface area contributed by atoms with Gasteiger partial charge in [0.15, 0.2) is 0 Å². The molecule has 2 heterocycles. The zero-order valence-corrected chi connectivity index (χ0v) is 12.6. The molecular weight excluding hydrogens is 250 g/mol. The molecule has 0 aromatic carbocycles. The van der Waals surface area contributed by atoms with Crippen LogP contribution in [0.4, 0.5) is 0 Å². The predicted octanol–water partition coefficient (Wildman–Crippen LogP) is 2.36. The van der Waals surface area contributed by atoms with Gasteiger partial charge in [0.05, 0.1) is 12.1 Å². The number of nitrogens with zero attached hydrogens (tertiary/aromatic N) is 2. The first-order chi connectivity index (χ1) is 9.64. The fourth-order valence-corrected chi connectivity index (χ4v) is 3.49. The van der Waals surface area contributed by atoms with Gasteiger partial charge in [0.2, 0.25) is 0 Å². The number of carbonyl (C=O) groups excluding carboxylic acids is 1. The Labute approximate surface area is 120 Å². The molecule has 1 spiro atoms. The molecule has 1 saturated heterocycles. The second kappa shape index (κ2) is 5.32. The minimum Gasteiger partial charge on any atom is -0.317 e. The van der Waals surface area contributed by atoms with Gasteiger partial charge in [0.1, 0.15) is 5.78 Å². The molecule has 1 aliphatic carbocycles. The molecule has 1 aromatic heterocycles. The summed E-state index contributed by atoms with van der Waals surface area (Å²) in [6, 6.07) is 2.41. The van der Waals surface area contributed by atoms with Crippen molar-refractivity contribution in [2.24, 2.45) is 11.3 Å². The van der Waals surface area contributed by atoms with Crippen LogP contribution in [0.1, 0.15) is 51.3 Å². The quantitative estimate of drug-likeness (QED) is 0.897. The molecule has 1 aromatic rings. The lowest BCUT2D eigenvalue weighted by atomic mass is 9.90. The molecule has 20 heavy (non-hydrogen) atoms. The van der Waals surface area contributed by atoms with Gasteiger partial charge in [-0.2, -0.15) is 5.10 Å². The lowest BCUT2D eigenvalue weighted by Crippen LogP contribution is -2.31. The molecule has 2 aliphatic rings. The van der Waals surface area contributed by atoms with Crippen molar-refractivity contribution in [1.29, 1.82) is 0 Å². The number of nitrogens with one attached hydrogen (secondary N) is 1. The van der Waals surface area contributed by atoms with Crippen molar-refractivity contribution < 1.29 is 4.79 Å². The molecule has 1 N–H and O–H groups in total. The summed E-state index contributed by atoms with van der Waals surface area (Å²) in [5.41, 5.74) is 1.29. The van der Waals surface area contributed by atoms with E-state index < -0.39 is 0 Å². The number of ketones is 1. The summed E-state index contributed by atoms with van der Waals surface area (Å²) in [5, 5.41) is 7.93. The molecule has 2 fully saturated rings. The molecule has 110 valence electrons. The van der Waals surface area contributed by atoms with Crippen molar-refractivity contribution in [2.45, 2.75) is 52.0 Å². The van der Waals surface area contributed by atoms with E-state index in [4.69, 9.17) is 0 Å². The van der Waals surface area contributed by atoms with E-state index in [0.717, 1.165) is 31.6 Å². The topological polar surface area (TPSA) is 46.9 Å². The highest BCUT2D eigenvalue weighted by molar-refractivity contribution is 5.86. The SMILES string of the molecule is CCC(C)n1ccc(CC(=O)C2CC23CCNCC3)n1. The number of hydrogen-bond donors (Lipinski definition) is 1. The molecule has 0 radical (unpaired) electrons. The number of piperidine rings is 1. The Kier molecular flexibility index (Phi) is 3.67. The third-order valence-corrected chi connectivity index (χ3v) is 5.24. The molecule has 1 saturated carbocycles. The molecule has 4 heteroatoms. The van der Waals surface area contributed by atoms with Gasteiger partial charge < -0.3 is 5.32 Å². The van der Waals surface area contributed by atoms with Gasteiger partial charge in [-0.05, 0) is 57.2 Å². The van der Waals surface area contributed by atoms with Crippen molar-refractivity contribution in [3.8, 4) is 0 Å². The van der Waals surface area contributed by atoms with Gasteiger partial charge in [0, 0.05) is 18.2 Å². The maximum Gasteiger partial charge on any atom is 0.142 e. The Morgan fingerprint density at radius 2 is 2.30 bits per heavy atom. The van der Waals surface area contributed by atoms with E-state index in [9.17, 15) is 4.79 Å². The summed E-state index contributed by atoms with van der Waals surface area (Å²) < 4.78 is 1.98. The first-order valence-corrected chi connectivity index (χ1v) is 7.92. The summed E-state index contributed by atoms with van der Waals surface area (Å²) in [5.74, 6) is 0.708. The van der Waals surface area contributed by atoms with Gasteiger partial charge in [-0.3, -0.25) is 9.48 Å². The number of hydrogen-bond acceptors (Lipinski definition) is 3. The number of Topliss-reactive ketones (excluding diaryl/α,β-unsaturated/α-hetero) is 1. The van der Waals surface area contributed by atoms with E-state index in [0.29, 0.717) is 29.6 Å². The fourth-order valence-electron chi connectivity index (χ4n) is 3.49. The van der Waals surface area contributed by atoms with Crippen molar-refractivity contribution in [3.05, 3.63) is 18.0 Å². The lowest BCUT2D eigenvalue weighted by molar-refractivity contribution is -0.120. The maximum atomic E-state index is 12.4. The molecule has 2 unspecified atom stereocenters. The normalized spacial score (nSPS) is 25.6. The first kappa shape index (κ1) is 13.8. The Bertz CT molecular complexity index is 488. The van der Waals surface area contributed by atoms with Crippen LogP contribution in [0, 0.1) is 11.3 Å². The van der Waals surface area contributed by atoms with Crippen molar-refractivity contribution in [1.82, 2.24) is 15.1 Å². The Morgan fingerprint density at radius 1 is 1.55 bits per heavy atom. The minimum atomic E-state index is 0.304. The number of aromatic nitrogens is 2. The Morgan fingerprint density at radius 3 is 3.00 bits per heavy atom. The Hall–Kier alpha value is -1.16. The molecule has 0 bridgehead atoms. The smallest absolute Gasteiger partial charge is 0.142 e. The maximum absolute atomic E-state index is 12.4. The van der Waals surface area contributed by atoms with Crippen LogP contribution in [-0.4, -0.2) is 28.7 Å². The average Bonchev–Trinajstić information content (AvgIpc) is 2.95. The van der Waals surface area contributed by atoms with Crippen LogP contribution < -0.4 is 5.32 Å². The van der Waals surface area contributed by atoms with Gasteiger partial charge in [0.25, 0.3) is 0 Å². The summed E-state index contributed by atoms with van der Waals surface area (Å²) in [4.78, 5) is 12.4.